The zero-order valence-corrected chi connectivity index (χ0v) is 11.2. The first-order chi connectivity index (χ1) is 8.59. The van der Waals surface area contributed by atoms with Gasteiger partial charge in [-0.3, -0.25) is 9.89 Å². The Morgan fingerprint density at radius 2 is 2.11 bits per heavy atom. The molecule has 0 radical (unpaired) electrons. The smallest absolute Gasteiger partial charge is 0.259 e. The molecule has 0 bridgehead atoms. The molecule has 3 N–H and O–H groups in total. The van der Waals surface area contributed by atoms with Crippen molar-refractivity contribution in [3.63, 3.8) is 0 Å². The van der Waals surface area contributed by atoms with Crippen molar-refractivity contribution in [2.75, 3.05) is 19.3 Å². The molecule has 1 amide bonds. The summed E-state index contributed by atoms with van der Waals surface area (Å²) < 4.78 is 0. The Labute approximate surface area is 108 Å². The van der Waals surface area contributed by atoms with Crippen molar-refractivity contribution < 1.29 is 4.79 Å². The van der Waals surface area contributed by atoms with Gasteiger partial charge in [-0.15, -0.1) is 0 Å². The minimum Gasteiger partial charge on any atom is -0.382 e. The van der Waals surface area contributed by atoms with Crippen LogP contribution in [0.15, 0.2) is 0 Å². The molecule has 0 saturated heterocycles. The largest absolute Gasteiger partial charge is 0.382 e. The average Bonchev–Trinajstić information content (AvgIpc) is 2.69. The number of hydrogen-bond donors (Lipinski definition) is 2. The molecule has 5 heteroatoms. The lowest BCUT2D eigenvalue weighted by atomic mass is 9.89. The molecule has 0 aromatic carbocycles. The van der Waals surface area contributed by atoms with E-state index in [1.807, 2.05) is 14.0 Å². The van der Waals surface area contributed by atoms with E-state index in [0.717, 1.165) is 12.2 Å². The number of rotatable bonds is 3. The predicted octanol–water partition coefficient (Wildman–Crippen LogP) is 1.95. The van der Waals surface area contributed by atoms with Crippen molar-refractivity contribution in [1.82, 2.24) is 15.1 Å². The number of nitrogens with zero attached hydrogens (tertiary/aromatic N) is 2. The number of H-pyrrole nitrogens is 1. The molecule has 18 heavy (non-hydrogen) atoms. The molecule has 1 aromatic heterocycles. The fourth-order valence-corrected chi connectivity index (χ4v) is 2.75. The van der Waals surface area contributed by atoms with Crippen LogP contribution < -0.4 is 5.73 Å². The molecule has 1 saturated carbocycles. The Hall–Kier alpha value is -1.52. The van der Waals surface area contributed by atoms with Crippen LogP contribution in [0, 0.1) is 12.8 Å². The highest BCUT2D eigenvalue weighted by Crippen LogP contribution is 2.25. The van der Waals surface area contributed by atoms with Crippen LogP contribution in [0.5, 0.6) is 0 Å². The molecule has 5 nitrogen and oxygen atoms in total. The Balaban J connectivity index is 2.00. The van der Waals surface area contributed by atoms with E-state index < -0.39 is 0 Å². The summed E-state index contributed by atoms with van der Waals surface area (Å²) in [4.78, 5) is 14.1. The van der Waals surface area contributed by atoms with Crippen molar-refractivity contribution in [1.29, 1.82) is 0 Å². The zero-order valence-electron chi connectivity index (χ0n) is 11.2. The Bertz CT molecular complexity index is 401. The summed E-state index contributed by atoms with van der Waals surface area (Å²) in [6.45, 7) is 2.65. The zero-order chi connectivity index (χ0) is 13.1. The van der Waals surface area contributed by atoms with E-state index in [-0.39, 0.29) is 5.91 Å². The number of aromatic nitrogens is 2. The van der Waals surface area contributed by atoms with Gasteiger partial charge in [0.1, 0.15) is 5.56 Å². The van der Waals surface area contributed by atoms with Crippen LogP contribution in [0.4, 0.5) is 5.82 Å². The first kappa shape index (κ1) is 12.9. The SMILES string of the molecule is Cc1[nH]nc(N)c1C(=O)N(C)CC1CCCCC1. The molecule has 1 aliphatic rings. The number of nitrogen functional groups attached to an aromatic ring is 1. The normalized spacial score (nSPS) is 16.8. The number of nitrogens with one attached hydrogen (secondary N) is 1. The minimum absolute atomic E-state index is 0.0238. The van der Waals surface area contributed by atoms with Crippen LogP contribution in [0.3, 0.4) is 0 Å². The third-order valence-corrected chi connectivity index (χ3v) is 3.79. The van der Waals surface area contributed by atoms with Crippen molar-refractivity contribution >= 4 is 11.7 Å². The summed E-state index contributed by atoms with van der Waals surface area (Å²) in [5.41, 5.74) is 6.99. The Morgan fingerprint density at radius 1 is 1.44 bits per heavy atom. The lowest BCUT2D eigenvalue weighted by Gasteiger charge is -2.27. The fourth-order valence-electron chi connectivity index (χ4n) is 2.75. The first-order valence-electron chi connectivity index (χ1n) is 6.65. The highest BCUT2D eigenvalue weighted by molar-refractivity contribution is 5.99. The van der Waals surface area contributed by atoms with E-state index in [2.05, 4.69) is 10.2 Å². The van der Waals surface area contributed by atoms with Crippen LogP contribution >= 0.6 is 0 Å². The molecule has 1 aromatic rings. The van der Waals surface area contributed by atoms with Gasteiger partial charge in [-0.1, -0.05) is 19.3 Å². The van der Waals surface area contributed by atoms with E-state index in [4.69, 9.17) is 5.73 Å². The van der Waals surface area contributed by atoms with Crippen LogP contribution in [0.2, 0.25) is 0 Å². The molecule has 1 fully saturated rings. The van der Waals surface area contributed by atoms with Crippen LogP contribution in [-0.2, 0) is 0 Å². The molecule has 1 heterocycles. The minimum atomic E-state index is -0.0238. The van der Waals surface area contributed by atoms with E-state index in [9.17, 15) is 4.79 Å². The molecular weight excluding hydrogens is 228 g/mol. The van der Waals surface area contributed by atoms with Crippen molar-refractivity contribution in [2.24, 2.45) is 5.92 Å². The van der Waals surface area contributed by atoms with Gasteiger partial charge in [0.15, 0.2) is 5.82 Å². The van der Waals surface area contributed by atoms with Gasteiger partial charge in [-0.25, -0.2) is 0 Å². The molecule has 0 atom stereocenters. The quantitative estimate of drug-likeness (QED) is 0.861. The molecule has 0 unspecified atom stereocenters. The summed E-state index contributed by atoms with van der Waals surface area (Å²) in [5, 5.41) is 6.63. The van der Waals surface area contributed by atoms with Crippen LogP contribution in [0.25, 0.3) is 0 Å². The molecule has 0 spiro atoms. The lowest BCUT2D eigenvalue weighted by Crippen LogP contribution is -2.33. The molecule has 0 aliphatic heterocycles. The highest BCUT2D eigenvalue weighted by atomic mass is 16.2. The van der Waals surface area contributed by atoms with Crippen LogP contribution in [0.1, 0.15) is 48.2 Å². The van der Waals surface area contributed by atoms with E-state index in [1.165, 1.54) is 32.1 Å². The van der Waals surface area contributed by atoms with E-state index >= 15 is 0 Å². The molecular formula is C13H22N4O. The van der Waals surface area contributed by atoms with Crippen molar-refractivity contribution in [3.8, 4) is 0 Å². The van der Waals surface area contributed by atoms with E-state index in [1.54, 1.807) is 4.90 Å². The number of amides is 1. The summed E-state index contributed by atoms with van der Waals surface area (Å²) in [7, 11) is 1.85. The lowest BCUT2D eigenvalue weighted by molar-refractivity contribution is 0.0761. The van der Waals surface area contributed by atoms with Crippen molar-refractivity contribution in [2.45, 2.75) is 39.0 Å². The van der Waals surface area contributed by atoms with Gasteiger partial charge >= 0.3 is 0 Å². The number of aryl methyl sites for hydroxylation is 1. The number of anilines is 1. The maximum absolute atomic E-state index is 12.3. The van der Waals surface area contributed by atoms with Gasteiger partial charge in [0.05, 0.1) is 0 Å². The number of aromatic amines is 1. The highest BCUT2D eigenvalue weighted by Gasteiger charge is 2.23. The Kier molecular flexibility index (Phi) is 3.89. The third-order valence-electron chi connectivity index (χ3n) is 3.79. The summed E-state index contributed by atoms with van der Waals surface area (Å²) in [6.07, 6.45) is 6.38. The third kappa shape index (κ3) is 2.66. The van der Waals surface area contributed by atoms with E-state index in [0.29, 0.717) is 17.3 Å². The molecule has 1 aliphatic carbocycles. The monoisotopic (exact) mass is 250 g/mol. The second kappa shape index (κ2) is 5.42. The van der Waals surface area contributed by atoms with Gasteiger partial charge < -0.3 is 10.6 Å². The Morgan fingerprint density at radius 3 is 2.67 bits per heavy atom. The second-order valence-electron chi connectivity index (χ2n) is 5.30. The van der Waals surface area contributed by atoms with Gasteiger partial charge in [0.2, 0.25) is 0 Å². The van der Waals surface area contributed by atoms with Gasteiger partial charge in [-0.2, -0.15) is 5.10 Å². The maximum Gasteiger partial charge on any atom is 0.259 e. The second-order valence-corrected chi connectivity index (χ2v) is 5.30. The van der Waals surface area contributed by atoms with Gasteiger partial charge in [0.25, 0.3) is 5.91 Å². The summed E-state index contributed by atoms with van der Waals surface area (Å²) in [5.74, 6) is 0.915. The predicted molar refractivity (Wildman–Crippen MR) is 71.3 cm³/mol. The van der Waals surface area contributed by atoms with Crippen LogP contribution in [-0.4, -0.2) is 34.6 Å². The standard InChI is InChI=1S/C13H22N4O/c1-9-11(12(14)16-15-9)13(18)17(2)8-10-6-4-3-5-7-10/h10H,3-8H2,1-2H3,(H3,14,15,16). The first-order valence-corrected chi connectivity index (χ1v) is 6.65. The maximum atomic E-state index is 12.3. The molecule has 2 rings (SSSR count). The van der Waals surface area contributed by atoms with Crippen molar-refractivity contribution in [3.05, 3.63) is 11.3 Å². The van der Waals surface area contributed by atoms with Gasteiger partial charge in [-0.05, 0) is 25.7 Å². The fraction of sp³-hybridized carbons (Fsp3) is 0.692. The summed E-state index contributed by atoms with van der Waals surface area (Å²) in [6, 6.07) is 0. The van der Waals surface area contributed by atoms with Gasteiger partial charge in [0, 0.05) is 19.3 Å². The average molecular weight is 250 g/mol. The molecule has 100 valence electrons. The summed E-state index contributed by atoms with van der Waals surface area (Å²) >= 11 is 0. The topological polar surface area (TPSA) is 75.0 Å². The number of carbonyl (C=O) groups excluding carboxylic acids is 1. The number of carbonyl (C=O) groups is 1. The number of nitrogens with two attached hydrogens (primary N) is 1. The number of hydrogen-bond acceptors (Lipinski definition) is 3.